The molecule has 0 aromatic carbocycles. The van der Waals surface area contributed by atoms with E-state index in [9.17, 15) is 0 Å². The number of hydrogen-bond donors (Lipinski definition) is 0. The van der Waals surface area contributed by atoms with E-state index < -0.39 is 40.8 Å². The second kappa shape index (κ2) is 9.78. The summed E-state index contributed by atoms with van der Waals surface area (Å²) in [5.41, 5.74) is 0. The molecule has 1 aliphatic heterocycles. The molecule has 1 heterocycles. The van der Waals surface area contributed by atoms with E-state index in [-0.39, 0.29) is 0 Å². The van der Waals surface area contributed by atoms with Crippen molar-refractivity contribution in [1.29, 1.82) is 0 Å². The van der Waals surface area contributed by atoms with Gasteiger partial charge in [-0.2, -0.15) is 0 Å². The Morgan fingerprint density at radius 1 is 0.741 bits per heavy atom. The van der Waals surface area contributed by atoms with E-state index in [1.54, 1.807) is 40.2 Å². The number of rotatable bonds is 8. The third kappa shape index (κ3) is 7.56. The van der Waals surface area contributed by atoms with E-state index in [1.807, 2.05) is 14.1 Å². The maximum atomic E-state index is 5.99. The summed E-state index contributed by atoms with van der Waals surface area (Å²) in [6, 6.07) is 0. The SMILES string of the molecule is CO[N+]1(C)O[N+](C)(OC)O[N+](C)(OI(ON(C)C)N(C)C)O[N+](C)(OI)O1. The van der Waals surface area contributed by atoms with Crippen molar-refractivity contribution >= 4 is 43.9 Å². The molecule has 27 heavy (non-hydrogen) atoms. The molecule has 1 fully saturated rings. The van der Waals surface area contributed by atoms with Crippen LogP contribution in [-0.2, 0) is 38.9 Å². The molecule has 1 aliphatic rings. The van der Waals surface area contributed by atoms with Crippen LogP contribution in [0.25, 0.3) is 0 Å². The van der Waals surface area contributed by atoms with Crippen molar-refractivity contribution < 1.29 is 58.8 Å². The zero-order chi connectivity index (χ0) is 21.1. The second-order valence-electron chi connectivity index (χ2n) is 5.78. The molecular weight excluding hydrogens is 602 g/mol. The molecule has 0 spiro atoms. The van der Waals surface area contributed by atoms with Gasteiger partial charge in [-0.1, -0.05) is 0 Å². The average molecular weight is 632 g/mol. The van der Waals surface area contributed by atoms with Crippen molar-refractivity contribution in [3.8, 4) is 0 Å². The summed E-state index contributed by atoms with van der Waals surface area (Å²) in [4.78, 5) is 29.6. The van der Waals surface area contributed by atoms with Crippen molar-refractivity contribution in [3.63, 3.8) is 0 Å². The van der Waals surface area contributed by atoms with E-state index in [1.165, 1.54) is 47.5 Å². The summed E-state index contributed by atoms with van der Waals surface area (Å²) in [6.07, 6.45) is 0. The normalized spacial score (nSPS) is 38.8. The van der Waals surface area contributed by atoms with Gasteiger partial charge in [-0.15, -0.1) is 0 Å². The van der Waals surface area contributed by atoms with Crippen LogP contribution in [0.4, 0.5) is 0 Å². The van der Waals surface area contributed by atoms with Crippen molar-refractivity contribution in [1.82, 2.24) is 8.18 Å². The Labute approximate surface area is 181 Å². The van der Waals surface area contributed by atoms with Crippen LogP contribution < -0.4 is 0 Å². The van der Waals surface area contributed by atoms with Gasteiger partial charge in [0, 0.05) is 0 Å². The Hall–Kier alpha value is 0.860. The molecule has 4 atom stereocenters. The van der Waals surface area contributed by atoms with Gasteiger partial charge >= 0.3 is 182 Å². The number of hydroxylamine groups is 14. The van der Waals surface area contributed by atoms with Crippen LogP contribution in [0, 0.1) is 0 Å². The van der Waals surface area contributed by atoms with Crippen LogP contribution in [0.2, 0.25) is 0 Å². The standard InChI is InChI=1S/C10H30I2N6O9/c1-13(2)12(22-14(3)4)23-18(8)26-16(6,20-10)24-15(5,19-9)25-17(7,21-11)27-18/h1-10H3/q+4. The summed E-state index contributed by atoms with van der Waals surface area (Å²) in [7, 11) is 15.5. The number of nitrogens with zero attached hydrogens (tertiary/aromatic N) is 6. The molecular formula is C10H30I2N6O9+4. The van der Waals surface area contributed by atoms with Crippen LogP contribution in [-0.4, -0.2) is 98.7 Å². The van der Waals surface area contributed by atoms with Gasteiger partial charge in [0.2, 0.25) is 0 Å². The van der Waals surface area contributed by atoms with Crippen LogP contribution in [0.15, 0.2) is 0 Å². The van der Waals surface area contributed by atoms with Gasteiger partial charge in [-0.25, -0.2) is 0 Å². The molecule has 0 aromatic heterocycles. The van der Waals surface area contributed by atoms with E-state index in [0.29, 0.717) is 0 Å². The first kappa shape index (κ1) is 25.9. The summed E-state index contributed by atoms with van der Waals surface area (Å²) < 4.78 is 18.8. The van der Waals surface area contributed by atoms with Crippen molar-refractivity contribution in [2.24, 2.45) is 0 Å². The predicted octanol–water partition coefficient (Wildman–Crippen LogP) is 0.815. The molecule has 17 heteroatoms. The molecule has 164 valence electrons. The molecule has 0 radical (unpaired) electrons. The fourth-order valence-corrected chi connectivity index (χ4v) is 4.03. The van der Waals surface area contributed by atoms with Gasteiger partial charge in [-0.05, 0) is 0 Å². The summed E-state index contributed by atoms with van der Waals surface area (Å²) in [5, 5.41) is 1.53. The molecule has 0 amide bonds. The Bertz CT molecular complexity index is 472. The molecule has 0 aliphatic carbocycles. The van der Waals surface area contributed by atoms with Gasteiger partial charge in [-0.3, -0.25) is 0 Å². The summed E-state index contributed by atoms with van der Waals surface area (Å²) in [6.45, 7) is 0. The molecule has 1 saturated heterocycles. The monoisotopic (exact) mass is 632 g/mol. The van der Waals surface area contributed by atoms with Gasteiger partial charge in [0.1, 0.15) is 0 Å². The van der Waals surface area contributed by atoms with E-state index in [0.717, 1.165) is 0 Å². The zero-order valence-electron chi connectivity index (χ0n) is 17.1. The first-order valence-corrected chi connectivity index (χ1v) is 11.0. The van der Waals surface area contributed by atoms with Crippen LogP contribution in [0.1, 0.15) is 0 Å². The molecule has 15 nitrogen and oxygen atoms in total. The Balaban J connectivity index is 3.26. The minimum absolute atomic E-state index is 0.909. The Morgan fingerprint density at radius 2 is 1.15 bits per heavy atom. The Morgan fingerprint density at radius 3 is 1.52 bits per heavy atom. The first-order valence-electron chi connectivity index (χ1n) is 7.40. The van der Waals surface area contributed by atoms with Gasteiger partial charge in [0.25, 0.3) is 0 Å². The van der Waals surface area contributed by atoms with Crippen LogP contribution in [0.3, 0.4) is 0 Å². The summed E-state index contributed by atoms with van der Waals surface area (Å²) >= 11 is -1.13. The van der Waals surface area contributed by atoms with Gasteiger partial charge in [0.05, 0.1) is 0 Å². The molecule has 1 rings (SSSR count). The number of quaternary nitrogens is 4. The van der Waals surface area contributed by atoms with Crippen LogP contribution >= 0.6 is 43.9 Å². The van der Waals surface area contributed by atoms with Crippen LogP contribution in [0.5, 0.6) is 0 Å². The van der Waals surface area contributed by atoms with Gasteiger partial charge in [0.15, 0.2) is 0 Å². The molecule has 0 aromatic rings. The maximum absolute atomic E-state index is 5.99. The molecule has 4 unspecified atom stereocenters. The van der Waals surface area contributed by atoms with Crippen molar-refractivity contribution in [2.45, 2.75) is 0 Å². The van der Waals surface area contributed by atoms with Crippen molar-refractivity contribution in [2.75, 3.05) is 70.6 Å². The topological polar surface area (TPSA) is 89.6 Å². The fourth-order valence-electron chi connectivity index (χ4n) is 1.68. The minimum atomic E-state index is -2.72. The summed E-state index contributed by atoms with van der Waals surface area (Å²) in [5.74, 6) is 0. The molecule has 0 bridgehead atoms. The Kier molecular flexibility index (Phi) is 9.38. The number of hydrogen-bond acceptors (Lipinski definition) is 11. The predicted molar refractivity (Wildman–Crippen MR) is 102 cm³/mol. The van der Waals surface area contributed by atoms with Gasteiger partial charge < -0.3 is 0 Å². The third-order valence-electron chi connectivity index (χ3n) is 2.63. The molecule has 0 N–H and O–H groups in total. The van der Waals surface area contributed by atoms with E-state index in [2.05, 4.69) is 0 Å². The third-order valence-corrected chi connectivity index (χ3v) is 7.10. The second-order valence-corrected chi connectivity index (χ2v) is 10.0. The molecule has 0 saturated carbocycles. The van der Waals surface area contributed by atoms with Crippen molar-refractivity contribution in [3.05, 3.63) is 0 Å². The quantitative estimate of drug-likeness (QED) is 0.165. The number of halogens is 2. The van der Waals surface area contributed by atoms with E-state index >= 15 is 0 Å². The first-order chi connectivity index (χ1) is 12.2. The average Bonchev–Trinajstić information content (AvgIpc) is 2.51. The fraction of sp³-hybridized carbons (Fsp3) is 1.00. The van der Waals surface area contributed by atoms with E-state index in [4.69, 9.17) is 38.9 Å². The zero-order valence-corrected chi connectivity index (χ0v) is 21.4.